The minimum absolute atomic E-state index is 0.541. The molecule has 1 aliphatic heterocycles. The van der Waals surface area contributed by atoms with Gasteiger partial charge in [0.15, 0.2) is 0 Å². The van der Waals surface area contributed by atoms with Crippen LogP contribution in [0.1, 0.15) is 38.2 Å². The first-order valence-corrected chi connectivity index (χ1v) is 7.45. The van der Waals surface area contributed by atoms with E-state index in [4.69, 9.17) is 4.74 Å². The molecule has 1 fully saturated rings. The Labute approximate surface area is 115 Å². The lowest BCUT2D eigenvalue weighted by Crippen LogP contribution is -2.41. The molecule has 3 heteroatoms. The van der Waals surface area contributed by atoms with Crippen molar-refractivity contribution in [3.63, 3.8) is 0 Å². The van der Waals surface area contributed by atoms with Gasteiger partial charge in [-0.2, -0.15) is 0 Å². The molecule has 1 aromatic rings. The molecule has 1 saturated carbocycles. The van der Waals surface area contributed by atoms with Crippen molar-refractivity contribution in [1.82, 2.24) is 5.32 Å². The van der Waals surface area contributed by atoms with Gasteiger partial charge in [0.1, 0.15) is 5.75 Å². The molecular weight excluding hydrogens is 236 g/mol. The maximum absolute atomic E-state index is 5.41. The zero-order valence-electron chi connectivity index (χ0n) is 12.0. The summed E-state index contributed by atoms with van der Waals surface area (Å²) in [4.78, 5) is 2.62. The Morgan fingerprint density at radius 1 is 1.26 bits per heavy atom. The van der Waals surface area contributed by atoms with Crippen molar-refractivity contribution in [1.29, 1.82) is 0 Å². The second-order valence-electron chi connectivity index (χ2n) is 5.87. The highest BCUT2D eigenvalue weighted by molar-refractivity contribution is 5.59. The first-order chi connectivity index (χ1) is 9.28. The van der Waals surface area contributed by atoms with Crippen LogP contribution in [0.15, 0.2) is 18.2 Å². The Morgan fingerprint density at radius 2 is 2.05 bits per heavy atom. The average Bonchev–Trinajstić information content (AvgIpc) is 2.91. The van der Waals surface area contributed by atoms with Gasteiger partial charge in [0.05, 0.1) is 7.11 Å². The van der Waals surface area contributed by atoms with E-state index in [1.165, 1.54) is 36.9 Å². The fourth-order valence-electron chi connectivity index (χ4n) is 3.39. The number of anilines is 1. The quantitative estimate of drug-likeness (QED) is 0.885. The van der Waals surface area contributed by atoms with Crippen LogP contribution < -0.4 is 15.0 Å². The van der Waals surface area contributed by atoms with Crippen molar-refractivity contribution in [3.05, 3.63) is 23.8 Å². The standard InChI is InChI=1S/C16H24N2O/c1-12-11-18(14-5-3-4-6-14)16-9-15(19-2)8-7-13(16)10-17-12/h7-9,12,14,17H,3-6,10-11H2,1-2H3. The summed E-state index contributed by atoms with van der Waals surface area (Å²) in [5, 5.41) is 3.61. The third-order valence-electron chi connectivity index (χ3n) is 4.48. The van der Waals surface area contributed by atoms with Gasteiger partial charge < -0.3 is 15.0 Å². The fraction of sp³-hybridized carbons (Fsp3) is 0.625. The van der Waals surface area contributed by atoms with Crippen molar-refractivity contribution in [3.8, 4) is 5.75 Å². The van der Waals surface area contributed by atoms with Crippen LogP contribution in [0.4, 0.5) is 5.69 Å². The van der Waals surface area contributed by atoms with E-state index in [0.717, 1.165) is 18.8 Å². The second kappa shape index (κ2) is 5.41. The molecule has 1 aliphatic carbocycles. The average molecular weight is 260 g/mol. The van der Waals surface area contributed by atoms with Gasteiger partial charge in [-0.25, -0.2) is 0 Å². The van der Waals surface area contributed by atoms with Gasteiger partial charge in [-0.05, 0) is 31.4 Å². The molecule has 0 spiro atoms. The Balaban J connectivity index is 1.97. The maximum atomic E-state index is 5.41. The van der Waals surface area contributed by atoms with E-state index in [9.17, 15) is 0 Å². The summed E-state index contributed by atoms with van der Waals surface area (Å²) in [6.45, 7) is 4.35. The minimum atomic E-state index is 0.541. The van der Waals surface area contributed by atoms with E-state index in [0.29, 0.717) is 12.1 Å². The highest BCUT2D eigenvalue weighted by Crippen LogP contribution is 2.34. The molecule has 0 amide bonds. The van der Waals surface area contributed by atoms with Gasteiger partial charge in [0.2, 0.25) is 0 Å². The Morgan fingerprint density at radius 3 is 2.79 bits per heavy atom. The summed E-state index contributed by atoms with van der Waals surface area (Å²) in [5.41, 5.74) is 2.78. The zero-order chi connectivity index (χ0) is 13.2. The van der Waals surface area contributed by atoms with Crippen LogP contribution in [0.5, 0.6) is 5.75 Å². The molecule has 3 nitrogen and oxygen atoms in total. The predicted molar refractivity (Wildman–Crippen MR) is 78.9 cm³/mol. The van der Waals surface area contributed by atoms with Gasteiger partial charge in [0, 0.05) is 36.9 Å². The van der Waals surface area contributed by atoms with E-state index < -0.39 is 0 Å². The van der Waals surface area contributed by atoms with Crippen LogP contribution in [-0.4, -0.2) is 25.7 Å². The molecule has 0 aromatic heterocycles. The fourth-order valence-corrected chi connectivity index (χ4v) is 3.39. The summed E-state index contributed by atoms with van der Waals surface area (Å²) in [5.74, 6) is 0.969. The lowest BCUT2D eigenvalue weighted by atomic mass is 10.1. The molecule has 1 heterocycles. The molecular formula is C16H24N2O. The van der Waals surface area contributed by atoms with E-state index in [-0.39, 0.29) is 0 Å². The normalized spacial score (nSPS) is 24.1. The number of hydrogen-bond acceptors (Lipinski definition) is 3. The molecule has 3 rings (SSSR count). The van der Waals surface area contributed by atoms with Gasteiger partial charge in [-0.3, -0.25) is 0 Å². The molecule has 19 heavy (non-hydrogen) atoms. The molecule has 0 radical (unpaired) electrons. The Hall–Kier alpha value is -1.22. The van der Waals surface area contributed by atoms with Crippen molar-refractivity contribution < 1.29 is 4.74 Å². The number of benzene rings is 1. The van der Waals surface area contributed by atoms with Crippen molar-refractivity contribution >= 4 is 5.69 Å². The van der Waals surface area contributed by atoms with Crippen LogP contribution >= 0.6 is 0 Å². The van der Waals surface area contributed by atoms with E-state index in [2.05, 4.69) is 35.3 Å². The van der Waals surface area contributed by atoms with Gasteiger partial charge in [0.25, 0.3) is 0 Å². The summed E-state index contributed by atoms with van der Waals surface area (Å²) in [6, 6.07) is 7.75. The first-order valence-electron chi connectivity index (χ1n) is 7.45. The summed E-state index contributed by atoms with van der Waals surface area (Å²) < 4.78 is 5.41. The molecule has 1 unspecified atom stereocenters. The number of hydrogen-bond donors (Lipinski definition) is 1. The van der Waals surface area contributed by atoms with E-state index in [1.54, 1.807) is 7.11 Å². The van der Waals surface area contributed by atoms with Gasteiger partial charge in [-0.15, -0.1) is 0 Å². The van der Waals surface area contributed by atoms with Crippen LogP contribution in [0.25, 0.3) is 0 Å². The number of methoxy groups -OCH3 is 1. The molecule has 1 atom stereocenters. The maximum Gasteiger partial charge on any atom is 0.120 e. The SMILES string of the molecule is COc1ccc2c(c1)N(C1CCCC1)CC(C)NC2. The van der Waals surface area contributed by atoms with E-state index in [1.807, 2.05) is 0 Å². The van der Waals surface area contributed by atoms with Crippen LogP contribution in [0, 0.1) is 0 Å². The molecule has 0 saturated heterocycles. The molecule has 0 bridgehead atoms. The Kier molecular flexibility index (Phi) is 3.65. The van der Waals surface area contributed by atoms with Crippen LogP contribution in [-0.2, 0) is 6.54 Å². The van der Waals surface area contributed by atoms with Crippen LogP contribution in [0.2, 0.25) is 0 Å². The van der Waals surface area contributed by atoms with Crippen LogP contribution in [0.3, 0.4) is 0 Å². The lowest BCUT2D eigenvalue weighted by Gasteiger charge is -2.32. The minimum Gasteiger partial charge on any atom is -0.497 e. The van der Waals surface area contributed by atoms with Crippen molar-refractivity contribution in [2.24, 2.45) is 0 Å². The number of nitrogens with one attached hydrogen (secondary N) is 1. The monoisotopic (exact) mass is 260 g/mol. The largest absolute Gasteiger partial charge is 0.497 e. The second-order valence-corrected chi connectivity index (χ2v) is 5.87. The molecule has 2 aliphatic rings. The van der Waals surface area contributed by atoms with Crippen molar-refractivity contribution in [2.75, 3.05) is 18.6 Å². The third-order valence-corrected chi connectivity index (χ3v) is 4.48. The number of rotatable bonds is 2. The number of nitrogens with zero attached hydrogens (tertiary/aromatic N) is 1. The molecule has 1 aromatic carbocycles. The van der Waals surface area contributed by atoms with Crippen molar-refractivity contribution in [2.45, 2.75) is 51.2 Å². The summed E-state index contributed by atoms with van der Waals surface area (Å²) in [7, 11) is 1.75. The zero-order valence-corrected chi connectivity index (χ0v) is 12.0. The first kappa shape index (κ1) is 12.8. The molecule has 104 valence electrons. The third kappa shape index (κ3) is 2.57. The highest BCUT2D eigenvalue weighted by atomic mass is 16.5. The van der Waals surface area contributed by atoms with E-state index >= 15 is 0 Å². The van der Waals surface area contributed by atoms with Gasteiger partial charge in [-0.1, -0.05) is 18.9 Å². The number of ether oxygens (including phenoxy) is 1. The number of fused-ring (bicyclic) bond motifs is 1. The highest BCUT2D eigenvalue weighted by Gasteiger charge is 2.27. The molecule has 1 N–H and O–H groups in total. The lowest BCUT2D eigenvalue weighted by molar-refractivity contribution is 0.414. The van der Waals surface area contributed by atoms with Gasteiger partial charge >= 0.3 is 0 Å². The smallest absolute Gasteiger partial charge is 0.120 e. The topological polar surface area (TPSA) is 24.5 Å². The Bertz CT molecular complexity index is 440. The predicted octanol–water partition coefficient (Wildman–Crippen LogP) is 2.94. The summed E-state index contributed by atoms with van der Waals surface area (Å²) >= 11 is 0. The summed E-state index contributed by atoms with van der Waals surface area (Å²) in [6.07, 6.45) is 5.43.